The second-order valence-corrected chi connectivity index (χ2v) is 5.66. The number of nitrogens with one attached hydrogen (secondary N) is 1. The van der Waals surface area contributed by atoms with Crippen molar-refractivity contribution in [3.05, 3.63) is 64.1 Å². The highest BCUT2D eigenvalue weighted by Crippen LogP contribution is 2.25. The Morgan fingerprint density at radius 2 is 1.90 bits per heavy atom. The molecule has 0 bridgehead atoms. The fraction of sp³-hybridized carbons (Fsp3) is 0.188. The molecular weight excluding hydrogens is 307 g/mol. The Bertz CT molecular complexity index is 617. The van der Waals surface area contributed by atoms with Crippen LogP contribution in [0.1, 0.15) is 18.5 Å². The molecule has 1 atom stereocenters. The van der Waals surface area contributed by atoms with E-state index < -0.39 is 0 Å². The first-order valence-electron chi connectivity index (χ1n) is 6.69. The molecule has 0 unspecified atom stereocenters. The zero-order chi connectivity index (χ0) is 15.2. The Labute approximate surface area is 134 Å². The van der Waals surface area contributed by atoms with Gasteiger partial charge in [-0.2, -0.15) is 0 Å². The van der Waals surface area contributed by atoms with Crippen molar-refractivity contribution in [1.29, 1.82) is 0 Å². The highest BCUT2D eigenvalue weighted by atomic mass is 35.5. The largest absolute Gasteiger partial charge is 0.333 e. The number of nitrogens with two attached hydrogens (primary N) is 1. The fourth-order valence-corrected chi connectivity index (χ4v) is 2.42. The molecule has 0 aliphatic rings. The lowest BCUT2D eigenvalue weighted by Crippen LogP contribution is -2.86. The third-order valence-corrected chi connectivity index (χ3v) is 3.74. The standard InChI is InChI=1S/C16H16Cl2N2O/c1-11(12-5-3-2-4-6-12)19-10-16(21)20-15-8-7-13(17)9-14(15)18/h2-9,11,19H,10H2,1H3,(H,20,21)/p+1/t11-/m1/s1. The Morgan fingerprint density at radius 3 is 2.57 bits per heavy atom. The lowest BCUT2D eigenvalue weighted by atomic mass is 10.1. The summed E-state index contributed by atoms with van der Waals surface area (Å²) in [6.07, 6.45) is 0. The first-order valence-corrected chi connectivity index (χ1v) is 7.45. The molecule has 3 N–H and O–H groups in total. The zero-order valence-corrected chi connectivity index (χ0v) is 13.2. The number of amides is 1. The van der Waals surface area contributed by atoms with Crippen molar-refractivity contribution in [1.82, 2.24) is 0 Å². The van der Waals surface area contributed by atoms with Gasteiger partial charge in [0, 0.05) is 10.6 Å². The lowest BCUT2D eigenvalue weighted by molar-refractivity contribution is -0.682. The quantitative estimate of drug-likeness (QED) is 0.871. The van der Waals surface area contributed by atoms with E-state index in [0.717, 1.165) is 0 Å². The molecule has 5 heteroatoms. The second-order valence-electron chi connectivity index (χ2n) is 4.81. The summed E-state index contributed by atoms with van der Waals surface area (Å²) in [7, 11) is 0. The number of carbonyl (C=O) groups is 1. The maximum Gasteiger partial charge on any atom is 0.279 e. The molecule has 0 heterocycles. The van der Waals surface area contributed by atoms with E-state index in [9.17, 15) is 4.79 Å². The van der Waals surface area contributed by atoms with Crippen LogP contribution in [-0.4, -0.2) is 12.5 Å². The summed E-state index contributed by atoms with van der Waals surface area (Å²) in [5, 5.41) is 5.74. The molecule has 2 aromatic carbocycles. The van der Waals surface area contributed by atoms with Crippen LogP contribution < -0.4 is 10.6 Å². The van der Waals surface area contributed by atoms with Crippen LogP contribution in [0.2, 0.25) is 10.0 Å². The highest BCUT2D eigenvalue weighted by molar-refractivity contribution is 6.36. The van der Waals surface area contributed by atoms with Crippen LogP contribution >= 0.6 is 23.2 Å². The average Bonchev–Trinajstić information content (AvgIpc) is 2.48. The van der Waals surface area contributed by atoms with Crippen LogP contribution in [0.5, 0.6) is 0 Å². The summed E-state index contributed by atoms with van der Waals surface area (Å²) in [6, 6.07) is 15.3. The first kappa shape index (κ1) is 15.8. The predicted octanol–water partition coefficient (Wildman–Crippen LogP) is 3.26. The van der Waals surface area contributed by atoms with Crippen molar-refractivity contribution in [3.8, 4) is 0 Å². The van der Waals surface area contributed by atoms with Crippen molar-refractivity contribution in [2.75, 3.05) is 11.9 Å². The molecule has 0 saturated carbocycles. The summed E-state index contributed by atoms with van der Waals surface area (Å²) >= 11 is 11.8. The Balaban J connectivity index is 1.87. The maximum atomic E-state index is 12.0. The van der Waals surface area contributed by atoms with Crippen LogP contribution in [0.25, 0.3) is 0 Å². The van der Waals surface area contributed by atoms with Crippen molar-refractivity contribution in [2.45, 2.75) is 13.0 Å². The Hall–Kier alpha value is -1.55. The lowest BCUT2D eigenvalue weighted by Gasteiger charge is -2.11. The maximum absolute atomic E-state index is 12.0. The third kappa shape index (κ3) is 4.74. The van der Waals surface area contributed by atoms with Gasteiger partial charge in [-0.3, -0.25) is 4.79 Å². The monoisotopic (exact) mass is 323 g/mol. The zero-order valence-electron chi connectivity index (χ0n) is 11.6. The van der Waals surface area contributed by atoms with Gasteiger partial charge in [-0.15, -0.1) is 0 Å². The van der Waals surface area contributed by atoms with E-state index in [1.165, 1.54) is 5.56 Å². The van der Waals surface area contributed by atoms with E-state index >= 15 is 0 Å². The molecule has 3 nitrogen and oxygen atoms in total. The van der Waals surface area contributed by atoms with Gasteiger partial charge >= 0.3 is 0 Å². The molecule has 1 amide bonds. The minimum Gasteiger partial charge on any atom is -0.333 e. The first-order chi connectivity index (χ1) is 10.1. The van der Waals surface area contributed by atoms with Gasteiger partial charge in [0.25, 0.3) is 5.91 Å². The van der Waals surface area contributed by atoms with Crippen LogP contribution in [0, 0.1) is 0 Å². The summed E-state index contributed by atoms with van der Waals surface area (Å²) < 4.78 is 0. The van der Waals surface area contributed by atoms with E-state index in [-0.39, 0.29) is 11.9 Å². The second kappa shape index (κ2) is 7.46. The summed E-state index contributed by atoms with van der Waals surface area (Å²) in [6.45, 7) is 2.40. The van der Waals surface area contributed by atoms with Gasteiger partial charge in [0.2, 0.25) is 0 Å². The number of quaternary nitrogens is 1. The number of hydrogen-bond acceptors (Lipinski definition) is 1. The molecule has 0 fully saturated rings. The van der Waals surface area contributed by atoms with Gasteiger partial charge in [0.1, 0.15) is 6.04 Å². The molecular formula is C16H17Cl2N2O+. The molecule has 0 aliphatic heterocycles. The molecule has 0 aliphatic carbocycles. The molecule has 110 valence electrons. The van der Waals surface area contributed by atoms with Crippen molar-refractivity contribution in [2.24, 2.45) is 0 Å². The molecule has 21 heavy (non-hydrogen) atoms. The van der Waals surface area contributed by atoms with Crippen LogP contribution in [0.4, 0.5) is 5.69 Å². The van der Waals surface area contributed by atoms with E-state index in [1.54, 1.807) is 18.2 Å². The van der Waals surface area contributed by atoms with Crippen LogP contribution in [0.3, 0.4) is 0 Å². The normalized spacial score (nSPS) is 12.0. The van der Waals surface area contributed by atoms with Crippen LogP contribution in [-0.2, 0) is 4.79 Å². The topological polar surface area (TPSA) is 45.7 Å². The van der Waals surface area contributed by atoms with E-state index in [2.05, 4.69) is 24.4 Å². The predicted molar refractivity (Wildman–Crippen MR) is 86.7 cm³/mol. The van der Waals surface area contributed by atoms with E-state index in [4.69, 9.17) is 23.2 Å². The number of rotatable bonds is 5. The summed E-state index contributed by atoms with van der Waals surface area (Å²) in [5.41, 5.74) is 1.77. The summed E-state index contributed by atoms with van der Waals surface area (Å²) in [5.74, 6) is -0.0954. The minimum atomic E-state index is -0.0954. The molecule has 0 aromatic heterocycles. The molecule has 0 saturated heterocycles. The highest BCUT2D eigenvalue weighted by Gasteiger charge is 2.12. The Morgan fingerprint density at radius 1 is 1.19 bits per heavy atom. The van der Waals surface area contributed by atoms with Crippen molar-refractivity contribution >= 4 is 34.8 Å². The Kier molecular flexibility index (Phi) is 5.62. The average molecular weight is 324 g/mol. The van der Waals surface area contributed by atoms with Crippen LogP contribution in [0.15, 0.2) is 48.5 Å². The minimum absolute atomic E-state index is 0.0954. The SMILES string of the molecule is C[C@@H]([NH2+]CC(=O)Nc1ccc(Cl)cc1Cl)c1ccccc1. The van der Waals surface area contributed by atoms with Crippen molar-refractivity contribution < 1.29 is 10.1 Å². The van der Waals surface area contributed by atoms with Gasteiger partial charge in [-0.1, -0.05) is 53.5 Å². The molecule has 2 rings (SSSR count). The number of halogens is 2. The van der Waals surface area contributed by atoms with E-state index in [1.807, 2.05) is 23.5 Å². The number of carbonyl (C=O) groups excluding carboxylic acids is 1. The van der Waals surface area contributed by atoms with Gasteiger partial charge in [0.05, 0.1) is 10.7 Å². The van der Waals surface area contributed by atoms with Crippen molar-refractivity contribution in [3.63, 3.8) is 0 Å². The number of benzene rings is 2. The van der Waals surface area contributed by atoms with Gasteiger partial charge in [-0.25, -0.2) is 0 Å². The molecule has 0 spiro atoms. The smallest absolute Gasteiger partial charge is 0.279 e. The third-order valence-electron chi connectivity index (χ3n) is 3.19. The summed E-state index contributed by atoms with van der Waals surface area (Å²) in [4.78, 5) is 12.0. The van der Waals surface area contributed by atoms with Gasteiger partial charge < -0.3 is 10.6 Å². The number of hydrogen-bond donors (Lipinski definition) is 2. The van der Waals surface area contributed by atoms with Gasteiger partial charge in [-0.05, 0) is 25.1 Å². The molecule has 0 radical (unpaired) electrons. The van der Waals surface area contributed by atoms with E-state index in [0.29, 0.717) is 22.3 Å². The number of anilines is 1. The fourth-order valence-electron chi connectivity index (χ4n) is 1.97. The molecule has 2 aromatic rings. The van der Waals surface area contributed by atoms with Gasteiger partial charge in [0.15, 0.2) is 6.54 Å².